The molecule has 6 heteroatoms. The summed E-state index contributed by atoms with van der Waals surface area (Å²) in [4.78, 5) is 11.6. The van der Waals surface area contributed by atoms with Crippen LogP contribution in [-0.4, -0.2) is 27.1 Å². The maximum absolute atomic E-state index is 11.6. The molecule has 114 valence electrons. The minimum absolute atomic E-state index is 0.149. The van der Waals surface area contributed by atoms with Gasteiger partial charge in [-0.2, -0.15) is 0 Å². The molecule has 0 amide bonds. The number of nitrogens with one attached hydrogen (secondary N) is 2. The third-order valence-electron chi connectivity index (χ3n) is 3.55. The van der Waals surface area contributed by atoms with Crippen molar-refractivity contribution in [2.24, 2.45) is 0 Å². The summed E-state index contributed by atoms with van der Waals surface area (Å²) in [6, 6.07) is 8.73. The highest BCUT2D eigenvalue weighted by atomic mass is 32.2. The van der Waals surface area contributed by atoms with E-state index in [0.717, 1.165) is 5.16 Å². The summed E-state index contributed by atoms with van der Waals surface area (Å²) in [6.45, 7) is 6.80. The maximum atomic E-state index is 11.6. The van der Waals surface area contributed by atoms with Crippen molar-refractivity contribution in [1.29, 1.82) is 0 Å². The van der Waals surface area contributed by atoms with Crippen molar-refractivity contribution in [3.63, 3.8) is 0 Å². The number of hydrogen-bond donors (Lipinski definition) is 2. The average Bonchev–Trinajstić information content (AvgIpc) is 2.82. The number of thioether (sulfide) groups is 1. The lowest BCUT2D eigenvalue weighted by molar-refractivity contribution is 0.584. The third kappa shape index (κ3) is 3.57. The molecule has 2 rings (SSSR count). The lowest BCUT2D eigenvalue weighted by Gasteiger charge is -2.23. The predicted molar refractivity (Wildman–Crippen MR) is 86.8 cm³/mol. The van der Waals surface area contributed by atoms with E-state index in [1.54, 1.807) is 16.3 Å². The van der Waals surface area contributed by atoms with E-state index < -0.39 is 0 Å². The molecule has 0 aliphatic carbocycles. The number of H-pyrrole nitrogens is 1. The van der Waals surface area contributed by atoms with E-state index in [4.69, 9.17) is 0 Å². The Morgan fingerprint density at radius 1 is 1.38 bits per heavy atom. The van der Waals surface area contributed by atoms with Crippen molar-refractivity contribution in [2.75, 3.05) is 7.05 Å². The summed E-state index contributed by atoms with van der Waals surface area (Å²) >= 11 is 1.61. The van der Waals surface area contributed by atoms with Crippen LogP contribution < -0.4 is 11.0 Å². The first kappa shape index (κ1) is 15.9. The molecule has 0 radical (unpaired) electrons. The van der Waals surface area contributed by atoms with E-state index in [9.17, 15) is 4.79 Å². The first-order chi connectivity index (χ1) is 10.1. The lowest BCUT2D eigenvalue weighted by atomic mass is 10.0. The van der Waals surface area contributed by atoms with Gasteiger partial charge in [-0.15, -0.1) is 5.10 Å². The van der Waals surface area contributed by atoms with Gasteiger partial charge in [-0.25, -0.2) is 9.89 Å². The molecule has 2 aromatic rings. The van der Waals surface area contributed by atoms with Gasteiger partial charge in [-0.05, 0) is 26.5 Å². The normalized spacial score (nSPS) is 14.1. The van der Waals surface area contributed by atoms with Crippen LogP contribution in [0, 0.1) is 6.92 Å². The molecule has 1 aromatic carbocycles. The van der Waals surface area contributed by atoms with Crippen molar-refractivity contribution in [2.45, 2.75) is 43.8 Å². The largest absolute Gasteiger partial charge is 0.343 e. The third-order valence-corrected chi connectivity index (χ3v) is 4.71. The number of aryl methyl sites for hydroxylation is 1. The van der Waals surface area contributed by atoms with Crippen molar-refractivity contribution >= 4 is 11.8 Å². The molecule has 21 heavy (non-hydrogen) atoms. The van der Waals surface area contributed by atoms with E-state index >= 15 is 0 Å². The van der Waals surface area contributed by atoms with Crippen molar-refractivity contribution in [3.8, 4) is 0 Å². The number of hydrogen-bond acceptors (Lipinski definition) is 4. The van der Waals surface area contributed by atoms with Crippen LogP contribution in [0.3, 0.4) is 0 Å². The molecule has 1 heterocycles. The van der Waals surface area contributed by atoms with Gasteiger partial charge in [-0.1, -0.05) is 48.5 Å². The number of aromatic amines is 1. The van der Waals surface area contributed by atoms with E-state index in [1.807, 2.05) is 14.0 Å². The van der Waals surface area contributed by atoms with Crippen LogP contribution in [0.25, 0.3) is 0 Å². The van der Waals surface area contributed by atoms with E-state index in [2.05, 4.69) is 53.6 Å². The molecular weight excluding hydrogens is 284 g/mol. The molecule has 5 nitrogen and oxygen atoms in total. The SMILES string of the molecule is CCn1c(SC(C)C(NC)c2ccc(C)cc2)n[nH]c1=O. The molecule has 0 fully saturated rings. The van der Waals surface area contributed by atoms with Gasteiger partial charge in [0, 0.05) is 17.8 Å². The molecule has 2 unspecified atom stereocenters. The van der Waals surface area contributed by atoms with Gasteiger partial charge in [0.05, 0.1) is 0 Å². The second-order valence-electron chi connectivity index (χ2n) is 5.06. The van der Waals surface area contributed by atoms with E-state index in [-0.39, 0.29) is 17.0 Å². The van der Waals surface area contributed by atoms with Gasteiger partial charge < -0.3 is 5.32 Å². The molecule has 0 spiro atoms. The molecule has 0 aliphatic rings. The Kier molecular flexibility index (Phi) is 5.25. The summed E-state index contributed by atoms with van der Waals surface area (Å²) in [5.41, 5.74) is 2.34. The fourth-order valence-corrected chi connectivity index (χ4v) is 3.55. The Morgan fingerprint density at radius 3 is 2.62 bits per heavy atom. The topological polar surface area (TPSA) is 62.7 Å². The van der Waals surface area contributed by atoms with Crippen LogP contribution in [0.15, 0.2) is 34.2 Å². The standard InChI is InChI=1S/C15H22N4OS/c1-5-19-14(20)17-18-15(19)21-11(3)13(16-4)12-8-6-10(2)7-9-12/h6-9,11,13,16H,5H2,1-4H3,(H,17,20). The van der Waals surface area contributed by atoms with Crippen molar-refractivity contribution in [1.82, 2.24) is 20.1 Å². The smallest absolute Gasteiger partial charge is 0.312 e. The van der Waals surface area contributed by atoms with Crippen LogP contribution in [0.5, 0.6) is 0 Å². The monoisotopic (exact) mass is 306 g/mol. The van der Waals surface area contributed by atoms with E-state index in [1.165, 1.54) is 11.1 Å². The Labute approximate surface area is 129 Å². The van der Waals surface area contributed by atoms with Gasteiger partial charge >= 0.3 is 5.69 Å². The molecule has 1 aromatic heterocycles. The molecule has 2 atom stereocenters. The minimum Gasteiger partial charge on any atom is -0.312 e. The quantitative estimate of drug-likeness (QED) is 0.804. The zero-order chi connectivity index (χ0) is 15.4. The predicted octanol–water partition coefficient (Wildman–Crippen LogP) is 2.34. The summed E-state index contributed by atoms with van der Waals surface area (Å²) in [6.07, 6.45) is 0. The number of rotatable bonds is 6. The van der Waals surface area contributed by atoms with Gasteiger partial charge in [0.15, 0.2) is 5.16 Å². The Hall–Kier alpha value is -1.53. The fourth-order valence-electron chi connectivity index (χ4n) is 2.35. The average molecular weight is 306 g/mol. The zero-order valence-electron chi connectivity index (χ0n) is 12.9. The minimum atomic E-state index is -0.149. The summed E-state index contributed by atoms with van der Waals surface area (Å²) in [5.74, 6) is 0. The van der Waals surface area contributed by atoms with Gasteiger partial charge in [0.1, 0.15) is 0 Å². The van der Waals surface area contributed by atoms with Crippen LogP contribution in [0.2, 0.25) is 0 Å². The summed E-state index contributed by atoms with van der Waals surface area (Å²) in [7, 11) is 1.96. The molecule has 0 aliphatic heterocycles. The van der Waals surface area contributed by atoms with Crippen LogP contribution in [0.1, 0.15) is 31.0 Å². The zero-order valence-corrected chi connectivity index (χ0v) is 13.7. The molecule has 0 saturated heterocycles. The highest BCUT2D eigenvalue weighted by Crippen LogP contribution is 2.30. The summed E-state index contributed by atoms with van der Waals surface area (Å²) in [5, 5.41) is 11.0. The first-order valence-electron chi connectivity index (χ1n) is 7.12. The Bertz CT molecular complexity index is 632. The number of benzene rings is 1. The molecule has 0 saturated carbocycles. The van der Waals surface area contributed by atoms with Crippen molar-refractivity contribution < 1.29 is 0 Å². The van der Waals surface area contributed by atoms with Crippen LogP contribution in [-0.2, 0) is 6.54 Å². The number of nitrogens with zero attached hydrogens (tertiary/aromatic N) is 2. The highest BCUT2D eigenvalue weighted by molar-refractivity contribution is 7.99. The molecular formula is C15H22N4OS. The second kappa shape index (κ2) is 6.95. The Morgan fingerprint density at radius 2 is 2.05 bits per heavy atom. The highest BCUT2D eigenvalue weighted by Gasteiger charge is 2.21. The summed E-state index contributed by atoms with van der Waals surface area (Å²) < 4.78 is 1.66. The second-order valence-corrected chi connectivity index (χ2v) is 6.40. The van der Waals surface area contributed by atoms with Gasteiger partial charge in [-0.3, -0.25) is 4.57 Å². The van der Waals surface area contributed by atoms with Gasteiger partial charge in [0.25, 0.3) is 0 Å². The molecule has 2 N–H and O–H groups in total. The fraction of sp³-hybridized carbons (Fsp3) is 0.467. The number of aromatic nitrogens is 3. The van der Waals surface area contributed by atoms with Crippen molar-refractivity contribution in [3.05, 3.63) is 45.9 Å². The maximum Gasteiger partial charge on any atom is 0.343 e. The molecule has 0 bridgehead atoms. The van der Waals surface area contributed by atoms with Crippen LogP contribution >= 0.6 is 11.8 Å². The van der Waals surface area contributed by atoms with Crippen LogP contribution in [0.4, 0.5) is 0 Å². The first-order valence-corrected chi connectivity index (χ1v) is 8.00. The lowest BCUT2D eigenvalue weighted by Crippen LogP contribution is -2.26. The van der Waals surface area contributed by atoms with Gasteiger partial charge in [0.2, 0.25) is 0 Å². The Balaban J connectivity index is 2.18. The van der Waals surface area contributed by atoms with E-state index in [0.29, 0.717) is 6.54 Å².